The molecule has 0 saturated heterocycles. The Bertz CT molecular complexity index is 645. The summed E-state index contributed by atoms with van der Waals surface area (Å²) >= 11 is 0. The lowest BCUT2D eigenvalue weighted by Crippen LogP contribution is -2.45. The molecule has 0 aliphatic heterocycles. The van der Waals surface area contributed by atoms with Crippen LogP contribution in [0.15, 0.2) is 0 Å². The first-order valence-electron chi connectivity index (χ1n) is 11.0. The molecule has 0 amide bonds. The van der Waals surface area contributed by atoms with Gasteiger partial charge in [-0.2, -0.15) is 4.79 Å². The number of hydrogen-bond acceptors (Lipinski definition) is 6. The van der Waals surface area contributed by atoms with Crippen molar-refractivity contribution in [3.8, 4) is 0 Å². The number of anilines is 2. The van der Waals surface area contributed by atoms with Crippen LogP contribution in [-0.4, -0.2) is 49.4 Å². The zero-order chi connectivity index (χ0) is 20.1. The zero-order valence-corrected chi connectivity index (χ0v) is 17.9. The fourth-order valence-electron chi connectivity index (χ4n) is 5.65. The van der Waals surface area contributed by atoms with Crippen LogP contribution in [0.3, 0.4) is 0 Å². The van der Waals surface area contributed by atoms with Gasteiger partial charge in [-0.1, -0.05) is 26.2 Å². The summed E-state index contributed by atoms with van der Waals surface area (Å²) in [6, 6.07) is 0.501. The van der Waals surface area contributed by atoms with Gasteiger partial charge in [0, 0.05) is 32.7 Å². The second-order valence-corrected chi connectivity index (χ2v) is 8.42. The van der Waals surface area contributed by atoms with Crippen molar-refractivity contribution in [3.63, 3.8) is 0 Å². The molecule has 3 rings (SSSR count). The second-order valence-electron chi connectivity index (χ2n) is 8.42. The molecule has 5 atom stereocenters. The van der Waals surface area contributed by atoms with Crippen LogP contribution < -0.4 is 21.4 Å². The molecule has 28 heavy (non-hydrogen) atoms. The summed E-state index contributed by atoms with van der Waals surface area (Å²) in [5.41, 5.74) is 4.49. The molecule has 2 aliphatic rings. The van der Waals surface area contributed by atoms with Gasteiger partial charge < -0.3 is 26.2 Å². The Hall–Kier alpha value is -1.76. The molecule has 4 N–H and O–H groups in total. The molecule has 4 unspecified atom stereocenters. The predicted octanol–water partition coefficient (Wildman–Crippen LogP) is 3.15. The maximum Gasteiger partial charge on any atom is 0.155 e. The van der Waals surface area contributed by atoms with Crippen molar-refractivity contribution in [2.24, 2.45) is 11.8 Å². The van der Waals surface area contributed by atoms with Crippen LogP contribution in [0.5, 0.6) is 0 Å². The largest absolute Gasteiger partial charge is 0.371 e. The number of aromatic nitrogens is 2. The average molecular weight is 391 g/mol. The maximum atomic E-state index is 11.4. The second kappa shape index (κ2) is 9.63. The molecular formula is C21H38N6O. The Labute approximate surface area is 169 Å². The number of carbonyl (C=O) groups is 1. The lowest BCUT2D eigenvalue weighted by molar-refractivity contribution is -0.110. The molecule has 158 valence electrons. The third kappa shape index (κ3) is 4.14. The molecule has 1 heterocycles. The molecule has 2 aliphatic carbocycles. The van der Waals surface area contributed by atoms with Gasteiger partial charge in [-0.05, 0) is 49.9 Å². The SMILES string of the molecule is CCCC(C=O)N[C@H]1CCC2C(CCCC2c2c(NC)nn(NC)c2NC)C1. The number of aldehydes is 1. The van der Waals surface area contributed by atoms with Gasteiger partial charge in [-0.3, -0.25) is 0 Å². The molecule has 0 aromatic carbocycles. The highest BCUT2D eigenvalue weighted by atomic mass is 16.1. The summed E-state index contributed by atoms with van der Waals surface area (Å²) in [6.07, 6.45) is 10.5. The summed E-state index contributed by atoms with van der Waals surface area (Å²) in [6.45, 7) is 2.14. The normalized spacial score (nSPS) is 28.3. The van der Waals surface area contributed by atoms with E-state index in [0.717, 1.165) is 43.1 Å². The minimum atomic E-state index is 0.0200. The number of carbonyl (C=O) groups excluding carboxylic acids is 1. The van der Waals surface area contributed by atoms with Gasteiger partial charge in [-0.15, -0.1) is 5.10 Å². The minimum absolute atomic E-state index is 0.0200. The van der Waals surface area contributed by atoms with E-state index in [2.05, 4.69) is 28.3 Å². The fourth-order valence-corrected chi connectivity index (χ4v) is 5.65. The van der Waals surface area contributed by atoms with Crippen LogP contribution in [0.25, 0.3) is 0 Å². The van der Waals surface area contributed by atoms with Crippen molar-refractivity contribution in [1.29, 1.82) is 0 Å². The van der Waals surface area contributed by atoms with Crippen molar-refractivity contribution >= 4 is 17.9 Å². The lowest BCUT2D eigenvalue weighted by atomic mass is 9.62. The number of nitrogens with zero attached hydrogens (tertiary/aromatic N) is 2. The molecule has 0 spiro atoms. The molecule has 7 nitrogen and oxygen atoms in total. The fraction of sp³-hybridized carbons (Fsp3) is 0.810. The lowest BCUT2D eigenvalue weighted by Gasteiger charge is -2.44. The quantitative estimate of drug-likeness (QED) is 0.485. The Morgan fingerprint density at radius 2 is 2.00 bits per heavy atom. The van der Waals surface area contributed by atoms with Gasteiger partial charge in [0.2, 0.25) is 0 Å². The monoisotopic (exact) mass is 390 g/mol. The van der Waals surface area contributed by atoms with Crippen LogP contribution in [0.1, 0.15) is 69.8 Å². The van der Waals surface area contributed by atoms with Crippen LogP contribution in [0, 0.1) is 11.8 Å². The molecule has 2 fully saturated rings. The Morgan fingerprint density at radius 1 is 1.18 bits per heavy atom. The highest BCUT2D eigenvalue weighted by Crippen LogP contribution is 2.51. The van der Waals surface area contributed by atoms with Crippen LogP contribution >= 0.6 is 0 Å². The Morgan fingerprint density at radius 3 is 2.64 bits per heavy atom. The summed E-state index contributed by atoms with van der Waals surface area (Å²) < 4.78 is 0. The van der Waals surface area contributed by atoms with Gasteiger partial charge in [0.15, 0.2) is 11.6 Å². The van der Waals surface area contributed by atoms with Crippen molar-refractivity contribution in [1.82, 2.24) is 15.2 Å². The smallest absolute Gasteiger partial charge is 0.155 e. The highest BCUT2D eigenvalue weighted by molar-refractivity contribution is 5.61. The van der Waals surface area contributed by atoms with Crippen molar-refractivity contribution in [2.45, 2.75) is 76.3 Å². The Balaban J connectivity index is 1.77. The van der Waals surface area contributed by atoms with E-state index in [-0.39, 0.29) is 6.04 Å². The number of rotatable bonds is 9. The van der Waals surface area contributed by atoms with E-state index in [4.69, 9.17) is 5.10 Å². The first kappa shape index (κ1) is 21.0. The van der Waals surface area contributed by atoms with Crippen molar-refractivity contribution in [2.75, 3.05) is 37.2 Å². The van der Waals surface area contributed by atoms with E-state index >= 15 is 0 Å². The standard InChI is InChI=1S/C21H38N6O/c1-5-7-16(13-28)25-15-10-11-17-14(12-15)8-6-9-18(17)19-20(22-2)26-27(24-4)21(19)23-3/h13-18,23-25H,5-12H2,1-4H3,(H,22,26)/t14?,15-,16?,17?,18?/m0/s1. The van der Waals surface area contributed by atoms with Gasteiger partial charge in [0.25, 0.3) is 0 Å². The first-order chi connectivity index (χ1) is 13.7. The van der Waals surface area contributed by atoms with E-state index in [1.807, 2.05) is 25.9 Å². The molecule has 0 bridgehead atoms. The van der Waals surface area contributed by atoms with Crippen LogP contribution in [-0.2, 0) is 4.79 Å². The van der Waals surface area contributed by atoms with E-state index in [1.54, 1.807) is 0 Å². The summed E-state index contributed by atoms with van der Waals surface area (Å²) in [7, 11) is 5.83. The van der Waals surface area contributed by atoms with Crippen molar-refractivity contribution in [3.05, 3.63) is 5.56 Å². The topological polar surface area (TPSA) is 83.0 Å². The molecule has 0 radical (unpaired) electrons. The van der Waals surface area contributed by atoms with E-state index in [0.29, 0.717) is 17.9 Å². The number of fused-ring (bicyclic) bond motifs is 1. The summed E-state index contributed by atoms with van der Waals surface area (Å²) in [5.74, 6) is 4.01. The van der Waals surface area contributed by atoms with E-state index in [9.17, 15) is 4.79 Å². The Kier molecular flexibility index (Phi) is 7.21. The molecular weight excluding hydrogens is 352 g/mol. The zero-order valence-electron chi connectivity index (χ0n) is 17.9. The van der Waals surface area contributed by atoms with Gasteiger partial charge >= 0.3 is 0 Å². The summed E-state index contributed by atoms with van der Waals surface area (Å²) in [5, 5.41) is 15.0. The van der Waals surface area contributed by atoms with Crippen molar-refractivity contribution < 1.29 is 4.79 Å². The third-order valence-electron chi connectivity index (χ3n) is 6.84. The van der Waals surface area contributed by atoms with Gasteiger partial charge in [-0.25, -0.2) is 0 Å². The summed E-state index contributed by atoms with van der Waals surface area (Å²) in [4.78, 5) is 13.2. The third-order valence-corrected chi connectivity index (χ3v) is 6.84. The molecule has 1 aromatic rings. The number of nitrogens with one attached hydrogen (secondary N) is 4. The van der Waals surface area contributed by atoms with Gasteiger partial charge in [0.1, 0.15) is 6.29 Å². The van der Waals surface area contributed by atoms with Crippen LogP contribution in [0.4, 0.5) is 11.6 Å². The van der Waals surface area contributed by atoms with E-state index < -0.39 is 0 Å². The molecule has 7 heteroatoms. The average Bonchev–Trinajstić information content (AvgIpc) is 3.10. The van der Waals surface area contributed by atoms with E-state index in [1.165, 1.54) is 37.7 Å². The highest BCUT2D eigenvalue weighted by Gasteiger charge is 2.41. The maximum absolute atomic E-state index is 11.4. The first-order valence-corrected chi connectivity index (χ1v) is 11.0. The molecule has 2 saturated carbocycles. The minimum Gasteiger partial charge on any atom is -0.371 e. The van der Waals surface area contributed by atoms with Gasteiger partial charge in [0.05, 0.1) is 6.04 Å². The molecule has 1 aromatic heterocycles. The van der Waals surface area contributed by atoms with Crippen LogP contribution in [0.2, 0.25) is 0 Å². The predicted molar refractivity (Wildman–Crippen MR) is 116 cm³/mol. The number of hydrogen-bond donors (Lipinski definition) is 4.